The van der Waals surface area contributed by atoms with Crippen LogP contribution in [0.2, 0.25) is 0 Å². The molecular formula is C13H21N3O4S. The minimum atomic E-state index is -3.72. The number of nitrogen functional groups attached to an aromatic ring is 1. The van der Waals surface area contributed by atoms with Gasteiger partial charge in [-0.2, -0.15) is 4.31 Å². The normalized spacial score (nSPS) is 11.6. The second kappa shape index (κ2) is 7.39. The molecule has 7 nitrogen and oxygen atoms in total. The zero-order chi connectivity index (χ0) is 16.0. The van der Waals surface area contributed by atoms with E-state index in [1.807, 2.05) is 0 Å². The Kier molecular flexibility index (Phi) is 6.13. The van der Waals surface area contributed by atoms with Crippen molar-refractivity contribution in [2.45, 2.75) is 11.8 Å². The number of hydrogen-bond donors (Lipinski definition) is 2. The van der Waals surface area contributed by atoms with Gasteiger partial charge in [0.1, 0.15) is 0 Å². The van der Waals surface area contributed by atoms with Crippen molar-refractivity contribution in [1.29, 1.82) is 0 Å². The summed E-state index contributed by atoms with van der Waals surface area (Å²) in [7, 11) is -0.840. The molecule has 1 aromatic rings. The highest BCUT2D eigenvalue weighted by molar-refractivity contribution is 7.89. The van der Waals surface area contributed by atoms with Crippen molar-refractivity contribution in [2.24, 2.45) is 0 Å². The van der Waals surface area contributed by atoms with Gasteiger partial charge in [-0.05, 0) is 30.7 Å². The zero-order valence-corrected chi connectivity index (χ0v) is 13.2. The Morgan fingerprint density at radius 3 is 2.67 bits per heavy atom. The number of anilines is 1. The average molecular weight is 315 g/mol. The van der Waals surface area contributed by atoms with Crippen LogP contribution in [0.25, 0.3) is 0 Å². The number of benzene rings is 1. The second-order valence-corrected chi connectivity index (χ2v) is 6.67. The van der Waals surface area contributed by atoms with E-state index in [1.165, 1.54) is 32.4 Å². The third-order valence-electron chi connectivity index (χ3n) is 2.94. The fourth-order valence-electron chi connectivity index (χ4n) is 1.62. The van der Waals surface area contributed by atoms with E-state index in [0.717, 1.165) is 4.31 Å². The van der Waals surface area contributed by atoms with Gasteiger partial charge in [-0.1, -0.05) is 0 Å². The topological polar surface area (TPSA) is 102 Å². The Morgan fingerprint density at radius 1 is 1.43 bits per heavy atom. The molecule has 118 valence electrons. The number of methoxy groups -OCH3 is 1. The van der Waals surface area contributed by atoms with Crippen LogP contribution >= 0.6 is 0 Å². The molecule has 0 bridgehead atoms. The third kappa shape index (κ3) is 4.69. The van der Waals surface area contributed by atoms with Crippen molar-refractivity contribution >= 4 is 21.6 Å². The van der Waals surface area contributed by atoms with Crippen LogP contribution in [-0.2, 0) is 19.6 Å². The monoisotopic (exact) mass is 315 g/mol. The maximum absolute atomic E-state index is 12.3. The number of rotatable bonds is 7. The fraction of sp³-hybridized carbons (Fsp3) is 0.462. The Morgan fingerprint density at radius 2 is 2.10 bits per heavy atom. The lowest BCUT2D eigenvalue weighted by Crippen LogP contribution is -2.39. The lowest BCUT2D eigenvalue weighted by atomic mass is 10.2. The van der Waals surface area contributed by atoms with E-state index in [2.05, 4.69) is 5.32 Å². The minimum Gasteiger partial charge on any atom is -0.399 e. The van der Waals surface area contributed by atoms with E-state index in [0.29, 0.717) is 24.4 Å². The van der Waals surface area contributed by atoms with Crippen molar-refractivity contribution in [3.05, 3.63) is 23.8 Å². The van der Waals surface area contributed by atoms with Crippen LogP contribution < -0.4 is 11.1 Å². The maximum Gasteiger partial charge on any atom is 0.243 e. The summed E-state index contributed by atoms with van der Waals surface area (Å²) in [6, 6.07) is 4.45. The largest absolute Gasteiger partial charge is 0.399 e. The fourth-order valence-corrected chi connectivity index (χ4v) is 2.84. The van der Waals surface area contributed by atoms with Crippen LogP contribution in [0, 0.1) is 6.92 Å². The molecule has 0 aliphatic rings. The van der Waals surface area contributed by atoms with Crippen LogP contribution in [0.3, 0.4) is 0 Å². The number of carbonyl (C=O) groups is 1. The smallest absolute Gasteiger partial charge is 0.243 e. The summed E-state index contributed by atoms with van der Waals surface area (Å²) in [6.45, 7) is 2.19. The summed E-state index contributed by atoms with van der Waals surface area (Å²) in [5, 5.41) is 2.57. The lowest BCUT2D eigenvalue weighted by Gasteiger charge is -2.17. The lowest BCUT2D eigenvalue weighted by molar-refractivity contribution is -0.121. The number of nitrogens with two attached hydrogens (primary N) is 1. The highest BCUT2D eigenvalue weighted by atomic mass is 32.2. The third-order valence-corrected chi connectivity index (χ3v) is 4.74. The number of likely N-dealkylation sites (N-methyl/N-ethyl adjacent to an activating group) is 1. The number of nitrogens with one attached hydrogen (secondary N) is 1. The summed E-state index contributed by atoms with van der Waals surface area (Å²) in [5.74, 6) is -0.384. The molecular weight excluding hydrogens is 294 g/mol. The van der Waals surface area contributed by atoms with Gasteiger partial charge in [0, 0.05) is 26.4 Å². The summed E-state index contributed by atoms with van der Waals surface area (Å²) < 4.78 is 30.5. The molecule has 0 aromatic heterocycles. The average Bonchev–Trinajstić information content (AvgIpc) is 2.41. The van der Waals surface area contributed by atoms with Crippen molar-refractivity contribution in [3.63, 3.8) is 0 Å². The second-order valence-electron chi connectivity index (χ2n) is 4.62. The van der Waals surface area contributed by atoms with Crippen molar-refractivity contribution in [3.8, 4) is 0 Å². The van der Waals surface area contributed by atoms with E-state index in [1.54, 1.807) is 6.92 Å². The first-order valence-corrected chi connectivity index (χ1v) is 7.81. The maximum atomic E-state index is 12.3. The number of sulfonamides is 1. The van der Waals surface area contributed by atoms with Crippen molar-refractivity contribution in [2.75, 3.05) is 39.6 Å². The molecule has 0 atom stereocenters. The Labute approximate surface area is 125 Å². The Hall–Kier alpha value is -1.64. The number of amides is 1. The Balaban J connectivity index is 2.77. The van der Waals surface area contributed by atoms with Gasteiger partial charge in [-0.3, -0.25) is 4.79 Å². The first-order chi connectivity index (χ1) is 9.78. The molecule has 0 heterocycles. The molecule has 1 aromatic carbocycles. The van der Waals surface area contributed by atoms with Gasteiger partial charge in [-0.15, -0.1) is 0 Å². The number of hydrogen-bond acceptors (Lipinski definition) is 5. The summed E-state index contributed by atoms with van der Waals surface area (Å²) >= 11 is 0. The van der Waals surface area contributed by atoms with E-state index < -0.39 is 10.0 Å². The van der Waals surface area contributed by atoms with Crippen LogP contribution in [0.1, 0.15) is 5.56 Å². The van der Waals surface area contributed by atoms with Gasteiger partial charge in [0.15, 0.2) is 0 Å². The Bertz CT molecular complexity index is 601. The zero-order valence-electron chi connectivity index (χ0n) is 12.4. The highest BCUT2D eigenvalue weighted by Crippen LogP contribution is 2.19. The molecule has 0 aliphatic carbocycles. The SMILES string of the molecule is COCCNC(=O)CN(C)S(=O)(=O)c1ccc(N)c(C)c1. The van der Waals surface area contributed by atoms with Crippen LogP contribution in [0.15, 0.2) is 23.1 Å². The number of aryl methyl sites for hydroxylation is 1. The standard InChI is InChI=1S/C13H21N3O4S/c1-10-8-11(4-5-12(10)14)21(18,19)16(2)9-13(17)15-6-7-20-3/h4-5,8H,6-7,9,14H2,1-3H3,(H,15,17). The first-order valence-electron chi connectivity index (χ1n) is 6.37. The first kappa shape index (κ1) is 17.4. The van der Waals surface area contributed by atoms with Gasteiger partial charge in [-0.25, -0.2) is 8.42 Å². The predicted molar refractivity (Wildman–Crippen MR) is 80.3 cm³/mol. The molecule has 3 N–H and O–H groups in total. The number of ether oxygens (including phenoxy) is 1. The quantitative estimate of drug-likeness (QED) is 0.543. The molecule has 8 heteroatoms. The number of carbonyl (C=O) groups excluding carboxylic acids is 1. The summed E-state index contributed by atoms with van der Waals surface area (Å²) in [6.07, 6.45) is 0. The van der Waals surface area contributed by atoms with Crippen molar-refractivity contribution < 1.29 is 17.9 Å². The van der Waals surface area contributed by atoms with Crippen molar-refractivity contribution in [1.82, 2.24) is 9.62 Å². The predicted octanol–water partition coefficient (Wildman–Crippen LogP) is -0.0397. The van der Waals surface area contributed by atoms with Gasteiger partial charge < -0.3 is 15.8 Å². The van der Waals surface area contributed by atoms with Crippen LogP contribution in [0.5, 0.6) is 0 Å². The molecule has 1 rings (SSSR count). The van der Waals surface area contributed by atoms with Gasteiger partial charge in [0.2, 0.25) is 15.9 Å². The highest BCUT2D eigenvalue weighted by Gasteiger charge is 2.23. The van der Waals surface area contributed by atoms with E-state index >= 15 is 0 Å². The van der Waals surface area contributed by atoms with Crippen LogP contribution in [0.4, 0.5) is 5.69 Å². The van der Waals surface area contributed by atoms with Gasteiger partial charge >= 0.3 is 0 Å². The van der Waals surface area contributed by atoms with Gasteiger partial charge in [0.05, 0.1) is 18.0 Å². The van der Waals surface area contributed by atoms with Gasteiger partial charge in [0.25, 0.3) is 0 Å². The minimum absolute atomic E-state index is 0.112. The summed E-state index contributed by atoms with van der Waals surface area (Å²) in [4.78, 5) is 11.7. The molecule has 21 heavy (non-hydrogen) atoms. The molecule has 0 fully saturated rings. The molecule has 0 saturated heterocycles. The molecule has 0 radical (unpaired) electrons. The molecule has 1 amide bonds. The molecule has 0 unspecified atom stereocenters. The number of nitrogens with zero attached hydrogens (tertiary/aromatic N) is 1. The van der Waals surface area contributed by atoms with E-state index in [9.17, 15) is 13.2 Å². The molecule has 0 spiro atoms. The van der Waals surface area contributed by atoms with E-state index in [-0.39, 0.29) is 17.3 Å². The molecule has 0 saturated carbocycles. The van der Waals surface area contributed by atoms with Crippen LogP contribution in [-0.4, -0.2) is 52.5 Å². The molecule has 0 aliphatic heterocycles. The summed E-state index contributed by atoms with van der Waals surface area (Å²) in [5.41, 5.74) is 6.87. The van der Waals surface area contributed by atoms with E-state index in [4.69, 9.17) is 10.5 Å².